The molecule has 0 spiro atoms. The number of nitrogens with zero attached hydrogens (tertiary/aromatic N) is 2. The summed E-state index contributed by atoms with van der Waals surface area (Å²) in [5.41, 5.74) is -1.48. The summed E-state index contributed by atoms with van der Waals surface area (Å²) >= 11 is 0. The van der Waals surface area contributed by atoms with Gasteiger partial charge in [0.05, 0.1) is 18.7 Å². The molecule has 2 aliphatic carbocycles. The highest BCUT2D eigenvalue weighted by Crippen LogP contribution is 2.62. The lowest BCUT2D eigenvalue weighted by Gasteiger charge is -2.46. The standard InChI is InChI=1S/C24H23F2N3O5/c1-9-18-15-6-16(19(9)18)34-17-8-28-7-13(21(30)22(31)20(28)24(33)29(15)17)23(32)27-10(2)12-4-3-11(25)5-14(12)26/h3-5,7,9-10,15-19,31H,6,8H2,1-2H3,(H,27,32)/t9-,10-,15?,16?,17-,18-,19+/m1/s1. The molecule has 2 bridgehead atoms. The summed E-state index contributed by atoms with van der Waals surface area (Å²) in [7, 11) is 0. The molecule has 0 radical (unpaired) electrons. The highest BCUT2D eigenvalue weighted by molar-refractivity contribution is 5.99. The third kappa shape index (κ3) is 2.87. The van der Waals surface area contributed by atoms with Gasteiger partial charge in [-0.25, -0.2) is 8.78 Å². The van der Waals surface area contributed by atoms with Crippen molar-refractivity contribution in [3.8, 4) is 5.75 Å². The number of carbonyl (C=O) groups is 2. The van der Waals surface area contributed by atoms with Crippen LogP contribution in [-0.4, -0.2) is 44.8 Å². The second-order valence-electron chi connectivity index (χ2n) is 9.74. The second kappa shape index (κ2) is 7.11. The monoisotopic (exact) mass is 471 g/mol. The van der Waals surface area contributed by atoms with Crippen molar-refractivity contribution < 1.29 is 28.2 Å². The number of aromatic nitrogens is 1. The summed E-state index contributed by atoms with van der Waals surface area (Å²) in [5.74, 6) is -2.43. The van der Waals surface area contributed by atoms with Crippen LogP contribution in [0.5, 0.6) is 5.75 Å². The van der Waals surface area contributed by atoms with Crippen molar-refractivity contribution in [3.05, 3.63) is 63.1 Å². The highest BCUT2D eigenvalue weighted by Gasteiger charge is 2.67. The molecule has 3 heterocycles. The lowest BCUT2D eigenvalue weighted by Crippen LogP contribution is -2.58. The van der Waals surface area contributed by atoms with E-state index in [9.17, 15) is 28.3 Å². The predicted octanol–water partition coefficient (Wildman–Crippen LogP) is 2.16. The lowest BCUT2D eigenvalue weighted by atomic mass is 10.00. The fourth-order valence-corrected chi connectivity index (χ4v) is 6.29. The van der Waals surface area contributed by atoms with E-state index in [0.717, 1.165) is 12.5 Å². The Bertz CT molecular complexity index is 1310. The number of benzene rings is 1. The number of hydrogen-bond donors (Lipinski definition) is 2. The summed E-state index contributed by atoms with van der Waals surface area (Å²) in [6.07, 6.45) is 1.54. The van der Waals surface area contributed by atoms with Gasteiger partial charge in [0.2, 0.25) is 5.43 Å². The summed E-state index contributed by atoms with van der Waals surface area (Å²) in [6.45, 7) is 3.81. The Hall–Kier alpha value is -3.27. The first kappa shape index (κ1) is 21.3. The Labute approximate surface area is 193 Å². The average molecular weight is 471 g/mol. The lowest BCUT2D eigenvalue weighted by molar-refractivity contribution is -0.147. The summed E-state index contributed by atoms with van der Waals surface area (Å²) in [4.78, 5) is 40.7. The molecule has 1 aromatic carbocycles. The molecule has 1 saturated heterocycles. The van der Waals surface area contributed by atoms with Gasteiger partial charge in [-0.2, -0.15) is 0 Å². The maximum atomic E-state index is 14.1. The Morgan fingerprint density at radius 2 is 2.03 bits per heavy atom. The van der Waals surface area contributed by atoms with Crippen LogP contribution in [0.2, 0.25) is 0 Å². The van der Waals surface area contributed by atoms with Gasteiger partial charge < -0.3 is 24.6 Å². The van der Waals surface area contributed by atoms with Crippen LogP contribution in [0.15, 0.2) is 29.2 Å². The van der Waals surface area contributed by atoms with Crippen LogP contribution in [0.1, 0.15) is 52.7 Å². The van der Waals surface area contributed by atoms with Gasteiger partial charge in [-0.05, 0) is 37.2 Å². The molecule has 1 aromatic heterocycles. The molecule has 10 heteroatoms. The third-order valence-electron chi connectivity index (χ3n) is 7.93. The van der Waals surface area contributed by atoms with Gasteiger partial charge in [0.1, 0.15) is 17.2 Å². The van der Waals surface area contributed by atoms with Crippen LogP contribution in [0.3, 0.4) is 0 Å². The first-order valence-electron chi connectivity index (χ1n) is 11.4. The fraction of sp³-hybridized carbons (Fsp3) is 0.458. The fourth-order valence-electron chi connectivity index (χ4n) is 6.29. The number of hydrogen-bond acceptors (Lipinski definition) is 5. The molecule has 4 aliphatic rings. The van der Waals surface area contributed by atoms with Gasteiger partial charge >= 0.3 is 0 Å². The van der Waals surface area contributed by atoms with Crippen molar-refractivity contribution in [2.45, 2.75) is 51.2 Å². The SMILES string of the molecule is C[C@H]1[C@H]2C3CC([C@@H]12)N1C(=O)c2c(O)c(=O)c(C(=O)N[C@H](C)c4ccc(F)cc4F)cn2C[C@H]1O3. The summed E-state index contributed by atoms with van der Waals surface area (Å²) in [6, 6.07) is 2.13. The molecule has 7 atom stereocenters. The van der Waals surface area contributed by atoms with Crippen molar-refractivity contribution >= 4 is 11.8 Å². The van der Waals surface area contributed by atoms with E-state index in [1.54, 1.807) is 4.90 Å². The molecule has 2 saturated carbocycles. The maximum Gasteiger partial charge on any atom is 0.276 e. The van der Waals surface area contributed by atoms with Gasteiger partial charge in [-0.3, -0.25) is 14.4 Å². The molecular weight excluding hydrogens is 448 g/mol. The van der Waals surface area contributed by atoms with Crippen molar-refractivity contribution in [2.75, 3.05) is 0 Å². The Morgan fingerprint density at radius 3 is 2.76 bits per heavy atom. The number of rotatable bonds is 3. The topological polar surface area (TPSA) is 101 Å². The number of fused-ring (bicyclic) bond motifs is 8. The zero-order valence-corrected chi connectivity index (χ0v) is 18.5. The number of amides is 2. The minimum absolute atomic E-state index is 0.0222. The molecule has 2 aromatic rings. The number of carbonyl (C=O) groups excluding carboxylic acids is 2. The largest absolute Gasteiger partial charge is 0.503 e. The van der Waals surface area contributed by atoms with E-state index in [0.29, 0.717) is 23.8 Å². The minimum Gasteiger partial charge on any atom is -0.503 e. The van der Waals surface area contributed by atoms with Crippen LogP contribution < -0.4 is 10.7 Å². The molecule has 178 valence electrons. The number of pyridine rings is 1. The Morgan fingerprint density at radius 1 is 1.26 bits per heavy atom. The summed E-state index contributed by atoms with van der Waals surface area (Å²) in [5, 5.41) is 13.2. The van der Waals surface area contributed by atoms with E-state index in [2.05, 4.69) is 12.2 Å². The van der Waals surface area contributed by atoms with Crippen molar-refractivity contribution in [3.63, 3.8) is 0 Å². The molecule has 8 nitrogen and oxygen atoms in total. The quantitative estimate of drug-likeness (QED) is 0.715. The van der Waals surface area contributed by atoms with Crippen LogP contribution >= 0.6 is 0 Å². The normalized spacial score (nSPS) is 31.4. The number of aromatic hydroxyl groups is 1. The van der Waals surface area contributed by atoms with Crippen molar-refractivity contribution in [2.24, 2.45) is 17.8 Å². The number of nitrogens with one attached hydrogen (secondary N) is 1. The first-order valence-corrected chi connectivity index (χ1v) is 11.4. The van der Waals surface area contributed by atoms with E-state index in [1.807, 2.05) is 0 Å². The smallest absolute Gasteiger partial charge is 0.276 e. The molecule has 2 unspecified atom stereocenters. The number of halogens is 2. The minimum atomic E-state index is -0.984. The predicted molar refractivity (Wildman–Crippen MR) is 114 cm³/mol. The summed E-state index contributed by atoms with van der Waals surface area (Å²) < 4.78 is 34.9. The molecule has 6 rings (SSSR count). The van der Waals surface area contributed by atoms with Crippen LogP contribution in [0.4, 0.5) is 8.78 Å². The second-order valence-corrected chi connectivity index (χ2v) is 9.74. The zero-order chi connectivity index (χ0) is 24.0. The van der Waals surface area contributed by atoms with E-state index in [-0.39, 0.29) is 35.5 Å². The molecule has 3 fully saturated rings. The molecule has 34 heavy (non-hydrogen) atoms. The van der Waals surface area contributed by atoms with Crippen LogP contribution in [0.25, 0.3) is 0 Å². The first-order chi connectivity index (χ1) is 16.2. The van der Waals surface area contributed by atoms with Gasteiger partial charge in [0.15, 0.2) is 17.7 Å². The Kier molecular flexibility index (Phi) is 4.45. The van der Waals surface area contributed by atoms with Crippen LogP contribution in [0, 0.1) is 29.4 Å². The maximum absolute atomic E-state index is 14.1. The van der Waals surface area contributed by atoms with Gasteiger partial charge in [0.25, 0.3) is 11.8 Å². The van der Waals surface area contributed by atoms with Gasteiger partial charge in [-0.15, -0.1) is 0 Å². The number of ether oxygens (including phenoxy) is 1. The van der Waals surface area contributed by atoms with E-state index in [1.165, 1.54) is 23.8 Å². The van der Waals surface area contributed by atoms with E-state index < -0.39 is 46.9 Å². The van der Waals surface area contributed by atoms with E-state index >= 15 is 0 Å². The van der Waals surface area contributed by atoms with Gasteiger partial charge in [-0.1, -0.05) is 13.0 Å². The van der Waals surface area contributed by atoms with Crippen LogP contribution in [-0.2, 0) is 11.3 Å². The van der Waals surface area contributed by atoms with Crippen molar-refractivity contribution in [1.29, 1.82) is 0 Å². The highest BCUT2D eigenvalue weighted by atomic mass is 19.1. The van der Waals surface area contributed by atoms with E-state index in [4.69, 9.17) is 4.74 Å². The van der Waals surface area contributed by atoms with Crippen molar-refractivity contribution in [1.82, 2.24) is 14.8 Å². The molecule has 2 aliphatic heterocycles. The molecule has 2 amide bonds. The molecule has 2 N–H and O–H groups in total. The average Bonchev–Trinajstić information content (AvgIpc) is 3.35. The third-order valence-corrected chi connectivity index (χ3v) is 7.93. The zero-order valence-electron chi connectivity index (χ0n) is 18.5. The molecular formula is C24H23F2N3O5. The van der Waals surface area contributed by atoms with Gasteiger partial charge in [0, 0.05) is 23.9 Å². The Balaban J connectivity index is 1.31.